The number of urea groups is 1. The molecule has 2 unspecified atom stereocenters. The number of nitrogens with one attached hydrogen (secondary N) is 1. The lowest BCUT2D eigenvalue weighted by atomic mass is 9.99. The summed E-state index contributed by atoms with van der Waals surface area (Å²) < 4.78 is 6.11. The summed E-state index contributed by atoms with van der Waals surface area (Å²) in [6, 6.07) is 4.01. The summed E-state index contributed by atoms with van der Waals surface area (Å²) in [6.07, 6.45) is 2.57. The Labute approximate surface area is 141 Å². The molecule has 6 heteroatoms. The lowest BCUT2D eigenvalue weighted by Gasteiger charge is -2.35. The van der Waals surface area contributed by atoms with E-state index >= 15 is 0 Å². The van der Waals surface area contributed by atoms with E-state index in [4.69, 9.17) is 4.42 Å². The van der Waals surface area contributed by atoms with Gasteiger partial charge in [-0.3, -0.25) is 4.90 Å². The number of carbonyl (C=O) groups is 1. The van der Waals surface area contributed by atoms with Crippen LogP contribution in [-0.2, 0) is 6.54 Å². The first-order valence-electron chi connectivity index (χ1n) is 7.93. The van der Waals surface area contributed by atoms with Crippen LogP contribution in [0.2, 0.25) is 0 Å². The predicted octanol–water partition coefficient (Wildman–Crippen LogP) is 3.30. The molecule has 2 rings (SSSR count). The van der Waals surface area contributed by atoms with Crippen LogP contribution in [0.4, 0.5) is 4.79 Å². The van der Waals surface area contributed by atoms with Crippen LogP contribution in [0.5, 0.6) is 0 Å². The number of nitrogens with zero attached hydrogens (tertiary/aromatic N) is 2. The van der Waals surface area contributed by atoms with Crippen LogP contribution in [-0.4, -0.2) is 48.6 Å². The molecule has 2 heterocycles. The number of piperidine rings is 1. The number of furan rings is 1. The molecule has 1 saturated heterocycles. The Morgan fingerprint density at radius 1 is 1.59 bits per heavy atom. The second kappa shape index (κ2) is 8.02. The Balaban J connectivity index is 1.74. The molecule has 0 bridgehead atoms. The highest BCUT2D eigenvalue weighted by molar-refractivity contribution is 9.10. The number of hydrogen-bond acceptors (Lipinski definition) is 3. The van der Waals surface area contributed by atoms with Gasteiger partial charge in [-0.15, -0.1) is 0 Å². The summed E-state index contributed by atoms with van der Waals surface area (Å²) >= 11 is 3.27. The standard InChI is InChI=1S/C16H26BrN3O2/c1-12-5-4-8-20(10-12)13(2)9-18-16(21)19(3)11-14-6-7-15(17)22-14/h6-7,12-13H,4-5,8-11H2,1-3H3,(H,18,21). The van der Waals surface area contributed by atoms with Crippen LogP contribution in [0.1, 0.15) is 32.4 Å². The number of carbonyl (C=O) groups excluding carboxylic acids is 1. The van der Waals surface area contributed by atoms with Crippen LogP contribution in [0, 0.1) is 5.92 Å². The molecule has 2 amide bonds. The van der Waals surface area contributed by atoms with E-state index in [0.717, 1.165) is 24.8 Å². The maximum absolute atomic E-state index is 12.1. The minimum atomic E-state index is -0.0653. The van der Waals surface area contributed by atoms with Gasteiger partial charge in [0.15, 0.2) is 4.67 Å². The summed E-state index contributed by atoms with van der Waals surface area (Å²) in [6.45, 7) is 7.89. The van der Waals surface area contributed by atoms with Gasteiger partial charge in [0.25, 0.3) is 0 Å². The zero-order valence-electron chi connectivity index (χ0n) is 13.6. The number of halogens is 1. The van der Waals surface area contributed by atoms with E-state index in [1.807, 2.05) is 12.1 Å². The van der Waals surface area contributed by atoms with E-state index in [1.54, 1.807) is 11.9 Å². The molecule has 1 N–H and O–H groups in total. The monoisotopic (exact) mass is 371 g/mol. The predicted molar refractivity (Wildman–Crippen MR) is 90.7 cm³/mol. The third-order valence-electron chi connectivity index (χ3n) is 4.23. The first-order valence-corrected chi connectivity index (χ1v) is 8.72. The van der Waals surface area contributed by atoms with Crippen molar-refractivity contribution in [1.29, 1.82) is 0 Å². The summed E-state index contributed by atoms with van der Waals surface area (Å²) in [5, 5.41) is 3.01. The Bertz CT molecular complexity index is 491. The van der Waals surface area contributed by atoms with E-state index < -0.39 is 0 Å². The molecule has 1 aromatic rings. The van der Waals surface area contributed by atoms with Crippen molar-refractivity contribution in [1.82, 2.24) is 15.1 Å². The fourth-order valence-electron chi connectivity index (χ4n) is 2.87. The van der Waals surface area contributed by atoms with E-state index in [2.05, 4.69) is 40.0 Å². The zero-order chi connectivity index (χ0) is 16.1. The second-order valence-corrected chi connectivity index (χ2v) is 7.12. The molecule has 0 saturated carbocycles. The first-order chi connectivity index (χ1) is 10.5. The third-order valence-corrected chi connectivity index (χ3v) is 4.66. The molecule has 0 radical (unpaired) electrons. The van der Waals surface area contributed by atoms with E-state index in [1.165, 1.54) is 12.8 Å². The van der Waals surface area contributed by atoms with Crippen molar-refractivity contribution in [3.8, 4) is 0 Å². The minimum Gasteiger partial charge on any atom is -0.452 e. The van der Waals surface area contributed by atoms with Gasteiger partial charge in [0.2, 0.25) is 0 Å². The van der Waals surface area contributed by atoms with Crippen molar-refractivity contribution >= 4 is 22.0 Å². The van der Waals surface area contributed by atoms with Crippen LogP contribution < -0.4 is 5.32 Å². The smallest absolute Gasteiger partial charge is 0.317 e. The second-order valence-electron chi connectivity index (χ2n) is 6.34. The average Bonchev–Trinajstić information content (AvgIpc) is 2.89. The van der Waals surface area contributed by atoms with E-state index in [0.29, 0.717) is 23.8 Å². The van der Waals surface area contributed by atoms with Crippen molar-refractivity contribution in [2.24, 2.45) is 5.92 Å². The van der Waals surface area contributed by atoms with Crippen molar-refractivity contribution in [2.75, 3.05) is 26.7 Å². The molecule has 0 spiro atoms. The molecule has 0 aliphatic carbocycles. The molecular weight excluding hydrogens is 346 g/mol. The fourth-order valence-corrected chi connectivity index (χ4v) is 3.21. The maximum Gasteiger partial charge on any atom is 0.317 e. The Morgan fingerprint density at radius 2 is 2.36 bits per heavy atom. The topological polar surface area (TPSA) is 48.7 Å². The maximum atomic E-state index is 12.1. The van der Waals surface area contributed by atoms with Crippen molar-refractivity contribution in [3.63, 3.8) is 0 Å². The van der Waals surface area contributed by atoms with Gasteiger partial charge in [0.1, 0.15) is 5.76 Å². The Morgan fingerprint density at radius 3 is 3.00 bits per heavy atom. The highest BCUT2D eigenvalue weighted by Crippen LogP contribution is 2.17. The molecule has 2 atom stereocenters. The van der Waals surface area contributed by atoms with Gasteiger partial charge >= 0.3 is 6.03 Å². The Hall–Kier alpha value is -1.01. The zero-order valence-corrected chi connectivity index (χ0v) is 15.2. The van der Waals surface area contributed by atoms with Gasteiger partial charge in [0, 0.05) is 26.2 Å². The molecule has 1 fully saturated rings. The average molecular weight is 372 g/mol. The van der Waals surface area contributed by atoms with Gasteiger partial charge in [-0.2, -0.15) is 0 Å². The van der Waals surface area contributed by atoms with Gasteiger partial charge in [-0.25, -0.2) is 4.79 Å². The highest BCUT2D eigenvalue weighted by atomic mass is 79.9. The minimum absolute atomic E-state index is 0.0653. The fraction of sp³-hybridized carbons (Fsp3) is 0.688. The van der Waals surface area contributed by atoms with Crippen molar-refractivity contribution in [3.05, 3.63) is 22.6 Å². The molecular formula is C16H26BrN3O2. The normalized spacial score (nSPS) is 20.6. The molecule has 124 valence electrons. The summed E-state index contributed by atoms with van der Waals surface area (Å²) in [5.41, 5.74) is 0. The third kappa shape index (κ3) is 5.02. The summed E-state index contributed by atoms with van der Waals surface area (Å²) in [4.78, 5) is 16.3. The number of likely N-dealkylation sites (tertiary alicyclic amines) is 1. The van der Waals surface area contributed by atoms with E-state index in [-0.39, 0.29) is 6.03 Å². The molecule has 5 nitrogen and oxygen atoms in total. The lowest BCUT2D eigenvalue weighted by molar-refractivity contribution is 0.135. The van der Waals surface area contributed by atoms with Gasteiger partial charge < -0.3 is 14.6 Å². The first kappa shape index (κ1) is 17.3. The SMILES string of the molecule is CC1CCCN(C(C)CNC(=O)N(C)Cc2ccc(Br)o2)C1. The van der Waals surface area contributed by atoms with Crippen LogP contribution >= 0.6 is 15.9 Å². The number of rotatable bonds is 5. The summed E-state index contributed by atoms with van der Waals surface area (Å²) in [7, 11) is 1.78. The molecule has 1 aliphatic heterocycles. The molecule has 0 aromatic carbocycles. The largest absolute Gasteiger partial charge is 0.452 e. The van der Waals surface area contributed by atoms with Gasteiger partial charge in [-0.05, 0) is 60.3 Å². The summed E-state index contributed by atoms with van der Waals surface area (Å²) in [5.74, 6) is 1.52. The van der Waals surface area contributed by atoms with E-state index in [9.17, 15) is 4.79 Å². The number of amides is 2. The molecule has 22 heavy (non-hydrogen) atoms. The van der Waals surface area contributed by atoms with Crippen molar-refractivity contribution in [2.45, 2.75) is 39.3 Å². The van der Waals surface area contributed by atoms with Crippen molar-refractivity contribution < 1.29 is 9.21 Å². The van der Waals surface area contributed by atoms with Crippen LogP contribution in [0.3, 0.4) is 0 Å². The Kier molecular flexibility index (Phi) is 6.32. The highest BCUT2D eigenvalue weighted by Gasteiger charge is 2.21. The number of hydrogen-bond donors (Lipinski definition) is 1. The van der Waals surface area contributed by atoms with Crippen LogP contribution in [0.15, 0.2) is 21.2 Å². The molecule has 1 aromatic heterocycles. The lowest BCUT2D eigenvalue weighted by Crippen LogP contribution is -2.48. The quantitative estimate of drug-likeness (QED) is 0.863. The van der Waals surface area contributed by atoms with Crippen LogP contribution in [0.25, 0.3) is 0 Å². The molecule has 1 aliphatic rings. The van der Waals surface area contributed by atoms with Gasteiger partial charge in [-0.1, -0.05) is 6.92 Å². The van der Waals surface area contributed by atoms with Gasteiger partial charge in [0.05, 0.1) is 6.54 Å².